The molecule has 8 heteroatoms. The van der Waals surface area contributed by atoms with Crippen LogP contribution in [0.4, 0.5) is 8.78 Å². The number of benzene rings is 2. The minimum Gasteiger partial charge on any atom is -0.459 e. The van der Waals surface area contributed by atoms with Crippen LogP contribution in [0.1, 0.15) is 36.3 Å². The lowest BCUT2D eigenvalue weighted by Gasteiger charge is -2.26. The van der Waals surface area contributed by atoms with Gasteiger partial charge in [-0.05, 0) is 61.2 Å². The summed E-state index contributed by atoms with van der Waals surface area (Å²) in [5.74, 6) is 0.631. The number of ether oxygens (including phenoxy) is 1. The Morgan fingerprint density at radius 2 is 1.87 bits per heavy atom. The highest BCUT2D eigenvalue weighted by atomic mass is 32.2. The minimum absolute atomic E-state index is 0.0686. The van der Waals surface area contributed by atoms with Crippen LogP contribution in [0.25, 0.3) is 17.0 Å². The van der Waals surface area contributed by atoms with Crippen molar-refractivity contribution in [3.8, 4) is 5.75 Å². The van der Waals surface area contributed by atoms with Crippen LogP contribution in [0, 0.1) is 0 Å². The minimum atomic E-state index is -3.74. The number of allylic oxidation sites excluding steroid dienone is 1. The predicted molar refractivity (Wildman–Crippen MR) is 111 cm³/mol. The second-order valence-electron chi connectivity index (χ2n) is 7.23. The molecule has 0 fully saturated rings. The molecule has 5 nitrogen and oxygen atoms in total. The zero-order chi connectivity index (χ0) is 21.5. The van der Waals surface area contributed by atoms with Crippen molar-refractivity contribution in [1.82, 2.24) is 4.31 Å². The SMILES string of the molecule is CC(c1cc2ccccc2o1)N(C)S(=O)(=O)C1=Cc2ccc(OC(F)F)cc2CC1. The Balaban J connectivity index is 1.60. The number of hydrogen-bond acceptors (Lipinski definition) is 4. The molecule has 0 radical (unpaired) electrons. The Bertz CT molecular complexity index is 1180. The van der Waals surface area contributed by atoms with E-state index in [-0.39, 0.29) is 17.1 Å². The van der Waals surface area contributed by atoms with Crippen molar-refractivity contribution >= 4 is 27.1 Å². The fraction of sp³-hybridized carbons (Fsp3) is 0.273. The quantitative estimate of drug-likeness (QED) is 0.526. The first-order chi connectivity index (χ1) is 14.3. The summed E-state index contributed by atoms with van der Waals surface area (Å²) in [7, 11) is -2.20. The highest BCUT2D eigenvalue weighted by molar-refractivity contribution is 7.93. The van der Waals surface area contributed by atoms with Crippen molar-refractivity contribution < 1.29 is 26.4 Å². The summed E-state index contributed by atoms with van der Waals surface area (Å²) in [6.45, 7) is -1.12. The molecule has 0 aliphatic heterocycles. The van der Waals surface area contributed by atoms with Crippen LogP contribution in [-0.4, -0.2) is 26.4 Å². The van der Waals surface area contributed by atoms with Crippen LogP contribution in [-0.2, 0) is 16.4 Å². The molecule has 0 saturated heterocycles. The van der Waals surface area contributed by atoms with Crippen molar-refractivity contribution in [2.75, 3.05) is 7.05 Å². The Labute approximate surface area is 173 Å². The molecule has 1 aromatic heterocycles. The standard InChI is InChI=1S/C22H21F2NO4S/c1-14(21-13-17-5-3-4-6-20(17)29-21)25(2)30(26,27)19-10-8-15-11-18(28-22(23)24)9-7-16(15)12-19/h3-7,9,11-14,22H,8,10H2,1-2H3. The second-order valence-corrected chi connectivity index (χ2v) is 9.28. The number of fused-ring (bicyclic) bond motifs is 2. The number of aryl methyl sites for hydroxylation is 1. The molecule has 3 aromatic rings. The number of para-hydroxylation sites is 1. The topological polar surface area (TPSA) is 59.8 Å². The third-order valence-corrected chi connectivity index (χ3v) is 7.47. The lowest BCUT2D eigenvalue weighted by atomic mass is 9.97. The smallest absolute Gasteiger partial charge is 0.387 e. The van der Waals surface area contributed by atoms with Gasteiger partial charge in [-0.2, -0.15) is 13.1 Å². The summed E-state index contributed by atoms with van der Waals surface area (Å²) in [5, 5.41) is 0.915. The Kier molecular flexibility index (Phi) is 5.38. The molecule has 0 N–H and O–H groups in total. The Hall–Kier alpha value is -2.71. The van der Waals surface area contributed by atoms with Crippen LogP contribution in [0.2, 0.25) is 0 Å². The molecule has 0 spiro atoms. The number of furan rings is 1. The molecule has 1 heterocycles. The number of alkyl halides is 2. The first-order valence-corrected chi connectivity index (χ1v) is 10.9. The largest absolute Gasteiger partial charge is 0.459 e. The first-order valence-electron chi connectivity index (χ1n) is 9.50. The monoisotopic (exact) mass is 433 g/mol. The van der Waals surface area contributed by atoms with Crippen molar-refractivity contribution in [1.29, 1.82) is 0 Å². The van der Waals surface area contributed by atoms with Crippen molar-refractivity contribution in [3.63, 3.8) is 0 Å². The van der Waals surface area contributed by atoms with E-state index in [0.29, 0.717) is 23.3 Å². The van der Waals surface area contributed by atoms with Gasteiger partial charge in [-0.3, -0.25) is 0 Å². The molecule has 0 saturated carbocycles. The zero-order valence-electron chi connectivity index (χ0n) is 16.5. The average molecular weight is 433 g/mol. The maximum Gasteiger partial charge on any atom is 0.387 e. The first kappa shape index (κ1) is 20.6. The van der Waals surface area contributed by atoms with Gasteiger partial charge >= 0.3 is 6.61 Å². The number of hydrogen-bond donors (Lipinski definition) is 0. The van der Waals surface area contributed by atoms with Crippen molar-refractivity contribution in [3.05, 3.63) is 70.3 Å². The van der Waals surface area contributed by atoms with Gasteiger partial charge in [-0.15, -0.1) is 0 Å². The van der Waals surface area contributed by atoms with Gasteiger partial charge in [0, 0.05) is 12.4 Å². The molecular weight excluding hydrogens is 412 g/mol. The molecule has 30 heavy (non-hydrogen) atoms. The molecule has 158 valence electrons. The summed E-state index contributed by atoms with van der Waals surface area (Å²) in [5.41, 5.74) is 2.17. The van der Waals surface area contributed by atoms with Gasteiger partial charge in [0.05, 0.1) is 10.9 Å². The summed E-state index contributed by atoms with van der Waals surface area (Å²) < 4.78 is 62.9. The van der Waals surface area contributed by atoms with Crippen LogP contribution < -0.4 is 4.74 Å². The van der Waals surface area contributed by atoms with Crippen LogP contribution in [0.15, 0.2) is 57.9 Å². The van der Waals surface area contributed by atoms with Crippen molar-refractivity contribution in [2.45, 2.75) is 32.4 Å². The van der Waals surface area contributed by atoms with Gasteiger partial charge in [-0.1, -0.05) is 24.3 Å². The molecule has 1 unspecified atom stereocenters. The molecule has 0 bridgehead atoms. The molecule has 1 aliphatic carbocycles. The third-order valence-electron chi connectivity index (χ3n) is 5.41. The van der Waals surface area contributed by atoms with Gasteiger partial charge in [-0.25, -0.2) is 8.42 Å². The van der Waals surface area contributed by atoms with Gasteiger partial charge in [0.1, 0.15) is 17.1 Å². The summed E-state index contributed by atoms with van der Waals surface area (Å²) in [4.78, 5) is 0.281. The van der Waals surface area contributed by atoms with E-state index in [0.717, 1.165) is 10.9 Å². The Morgan fingerprint density at radius 3 is 2.60 bits per heavy atom. The lowest BCUT2D eigenvalue weighted by molar-refractivity contribution is -0.0498. The molecule has 1 atom stereocenters. The summed E-state index contributed by atoms with van der Waals surface area (Å²) in [6.07, 6.45) is 2.31. The Morgan fingerprint density at radius 1 is 1.10 bits per heavy atom. The average Bonchev–Trinajstić information content (AvgIpc) is 3.16. The van der Waals surface area contributed by atoms with Crippen molar-refractivity contribution in [2.24, 2.45) is 0 Å². The van der Waals surface area contributed by atoms with E-state index in [1.807, 2.05) is 30.3 Å². The predicted octanol–water partition coefficient (Wildman–Crippen LogP) is 5.34. The van der Waals surface area contributed by atoms with E-state index < -0.39 is 22.7 Å². The van der Waals surface area contributed by atoms with Gasteiger partial charge in [0.25, 0.3) is 0 Å². The normalized spacial score (nSPS) is 15.3. The summed E-state index contributed by atoms with van der Waals surface area (Å²) >= 11 is 0. The number of sulfonamides is 1. The second kappa shape index (κ2) is 7.85. The van der Waals surface area contributed by atoms with E-state index >= 15 is 0 Å². The number of nitrogens with zero attached hydrogens (tertiary/aromatic N) is 1. The van der Waals surface area contributed by atoms with E-state index in [1.165, 1.54) is 23.5 Å². The lowest BCUT2D eigenvalue weighted by Crippen LogP contribution is -2.31. The third kappa shape index (κ3) is 3.85. The number of halogens is 2. The fourth-order valence-corrected chi connectivity index (χ4v) is 5.13. The van der Waals surface area contributed by atoms with E-state index in [9.17, 15) is 17.2 Å². The van der Waals surface area contributed by atoms with E-state index in [2.05, 4.69) is 4.74 Å². The summed E-state index contributed by atoms with van der Waals surface area (Å²) in [6, 6.07) is 13.4. The van der Waals surface area contributed by atoms with Crippen LogP contribution in [0.3, 0.4) is 0 Å². The fourth-order valence-electron chi connectivity index (χ4n) is 3.60. The van der Waals surface area contributed by atoms with Crippen LogP contribution >= 0.6 is 0 Å². The molecule has 2 aromatic carbocycles. The van der Waals surface area contributed by atoms with E-state index in [1.54, 1.807) is 19.1 Å². The maximum atomic E-state index is 13.2. The van der Waals surface area contributed by atoms with Gasteiger partial charge in [0.15, 0.2) is 0 Å². The van der Waals surface area contributed by atoms with E-state index in [4.69, 9.17) is 4.42 Å². The molecule has 1 aliphatic rings. The van der Waals surface area contributed by atoms with Gasteiger partial charge < -0.3 is 9.15 Å². The molecule has 4 rings (SSSR count). The zero-order valence-corrected chi connectivity index (χ0v) is 17.3. The van der Waals surface area contributed by atoms with Gasteiger partial charge in [0.2, 0.25) is 10.0 Å². The highest BCUT2D eigenvalue weighted by Gasteiger charge is 2.31. The molecule has 0 amide bonds. The highest BCUT2D eigenvalue weighted by Crippen LogP contribution is 2.35. The molecular formula is C22H21F2NO4S. The van der Waals surface area contributed by atoms with Crippen LogP contribution in [0.5, 0.6) is 5.75 Å². The number of rotatable bonds is 6. The maximum absolute atomic E-state index is 13.2.